The average molecular weight is 269 g/mol. The van der Waals surface area contributed by atoms with Crippen LogP contribution >= 0.6 is 0 Å². The van der Waals surface area contributed by atoms with E-state index in [-0.39, 0.29) is 5.41 Å². The predicted molar refractivity (Wildman–Crippen MR) is 78.2 cm³/mol. The molecule has 2 rings (SSSR count). The van der Waals surface area contributed by atoms with E-state index in [1.807, 2.05) is 0 Å². The Balaban J connectivity index is 1.82. The number of aliphatic hydroxyl groups is 1. The molecule has 0 bridgehead atoms. The number of rotatable bonds is 5. The smallest absolute Gasteiger partial charge is 0.0499 e. The van der Waals surface area contributed by atoms with E-state index in [9.17, 15) is 5.11 Å². The highest BCUT2D eigenvalue weighted by molar-refractivity contribution is 4.88. The lowest BCUT2D eigenvalue weighted by atomic mass is 9.70. The number of likely N-dealkylation sites (tertiary alicyclic amines) is 1. The van der Waals surface area contributed by atoms with Crippen LogP contribution in [0.2, 0.25) is 0 Å². The van der Waals surface area contributed by atoms with Gasteiger partial charge in [0.25, 0.3) is 0 Å². The zero-order chi connectivity index (χ0) is 13.7. The Morgan fingerprint density at radius 3 is 2.58 bits per heavy atom. The summed E-state index contributed by atoms with van der Waals surface area (Å²) < 4.78 is 5.26. The second kappa shape index (κ2) is 7.05. The van der Waals surface area contributed by atoms with Crippen LogP contribution in [0.25, 0.3) is 0 Å². The standard InChI is InChI=1S/C16H31NO2/c1-14-4-3-7-16(10-14,13-18)12-17-8-5-15(6-9-17)11-19-2/h14-15,18H,3-13H2,1-2H3. The van der Waals surface area contributed by atoms with Crippen LogP contribution in [0.15, 0.2) is 0 Å². The maximum Gasteiger partial charge on any atom is 0.0499 e. The van der Waals surface area contributed by atoms with Gasteiger partial charge in [0.1, 0.15) is 0 Å². The van der Waals surface area contributed by atoms with E-state index in [1.165, 1.54) is 51.6 Å². The van der Waals surface area contributed by atoms with Gasteiger partial charge in [0, 0.05) is 32.3 Å². The molecule has 112 valence electrons. The van der Waals surface area contributed by atoms with Crippen LogP contribution in [0, 0.1) is 17.3 Å². The quantitative estimate of drug-likeness (QED) is 0.832. The minimum atomic E-state index is 0.186. The molecule has 1 N–H and O–H groups in total. The summed E-state index contributed by atoms with van der Waals surface area (Å²) in [6, 6.07) is 0. The Hall–Kier alpha value is -0.120. The van der Waals surface area contributed by atoms with Crippen molar-refractivity contribution in [1.82, 2.24) is 4.90 Å². The fraction of sp³-hybridized carbons (Fsp3) is 1.00. The summed E-state index contributed by atoms with van der Waals surface area (Å²) in [5.74, 6) is 1.53. The van der Waals surface area contributed by atoms with Crippen molar-refractivity contribution < 1.29 is 9.84 Å². The lowest BCUT2D eigenvalue weighted by Gasteiger charge is -2.44. The van der Waals surface area contributed by atoms with Gasteiger partial charge < -0.3 is 14.7 Å². The summed E-state index contributed by atoms with van der Waals surface area (Å²) in [6.07, 6.45) is 7.57. The van der Waals surface area contributed by atoms with Crippen molar-refractivity contribution in [2.24, 2.45) is 17.3 Å². The van der Waals surface area contributed by atoms with E-state index in [1.54, 1.807) is 7.11 Å². The monoisotopic (exact) mass is 269 g/mol. The first-order valence-corrected chi connectivity index (χ1v) is 7.99. The van der Waals surface area contributed by atoms with Gasteiger partial charge in [-0.25, -0.2) is 0 Å². The highest BCUT2D eigenvalue weighted by atomic mass is 16.5. The zero-order valence-corrected chi connectivity index (χ0v) is 12.7. The second-order valence-electron chi connectivity index (χ2n) is 7.03. The second-order valence-corrected chi connectivity index (χ2v) is 7.03. The number of ether oxygens (including phenoxy) is 1. The van der Waals surface area contributed by atoms with Crippen LogP contribution in [0.1, 0.15) is 45.4 Å². The average Bonchev–Trinajstić information content (AvgIpc) is 2.41. The first-order chi connectivity index (χ1) is 9.17. The van der Waals surface area contributed by atoms with Crippen molar-refractivity contribution in [3.63, 3.8) is 0 Å². The van der Waals surface area contributed by atoms with Crippen LogP contribution in [-0.2, 0) is 4.74 Å². The normalized spacial score (nSPS) is 34.6. The molecule has 1 aliphatic heterocycles. The molecule has 3 heteroatoms. The third-order valence-corrected chi connectivity index (χ3v) is 5.19. The maximum atomic E-state index is 9.88. The van der Waals surface area contributed by atoms with Crippen molar-refractivity contribution >= 4 is 0 Å². The zero-order valence-electron chi connectivity index (χ0n) is 12.7. The Bertz CT molecular complexity index is 263. The predicted octanol–water partition coefficient (Wildman–Crippen LogP) is 2.53. The molecule has 19 heavy (non-hydrogen) atoms. The molecule has 0 amide bonds. The van der Waals surface area contributed by atoms with Gasteiger partial charge in [-0.15, -0.1) is 0 Å². The molecule has 0 radical (unpaired) electrons. The SMILES string of the molecule is COCC1CCN(CC2(CO)CCCC(C)C2)CC1. The van der Waals surface area contributed by atoms with Crippen LogP contribution in [0.5, 0.6) is 0 Å². The Morgan fingerprint density at radius 1 is 1.26 bits per heavy atom. The topological polar surface area (TPSA) is 32.7 Å². The van der Waals surface area contributed by atoms with Gasteiger partial charge in [-0.3, -0.25) is 0 Å². The molecule has 1 aliphatic carbocycles. The van der Waals surface area contributed by atoms with Gasteiger partial charge in [0.05, 0.1) is 0 Å². The molecule has 0 aromatic carbocycles. The van der Waals surface area contributed by atoms with Gasteiger partial charge >= 0.3 is 0 Å². The van der Waals surface area contributed by atoms with E-state index in [2.05, 4.69) is 11.8 Å². The minimum Gasteiger partial charge on any atom is -0.396 e. The summed E-state index contributed by atoms with van der Waals surface area (Å²) in [6.45, 7) is 7.10. The largest absolute Gasteiger partial charge is 0.396 e. The van der Waals surface area contributed by atoms with Crippen LogP contribution in [0.4, 0.5) is 0 Å². The van der Waals surface area contributed by atoms with E-state index < -0.39 is 0 Å². The number of nitrogens with zero attached hydrogens (tertiary/aromatic N) is 1. The first-order valence-electron chi connectivity index (χ1n) is 7.99. The number of methoxy groups -OCH3 is 1. The molecule has 0 spiro atoms. The minimum absolute atomic E-state index is 0.186. The van der Waals surface area contributed by atoms with E-state index in [0.717, 1.165) is 25.0 Å². The lowest BCUT2D eigenvalue weighted by molar-refractivity contribution is 0.00860. The fourth-order valence-electron chi connectivity index (χ4n) is 4.13. The van der Waals surface area contributed by atoms with Gasteiger partial charge in [0.15, 0.2) is 0 Å². The van der Waals surface area contributed by atoms with Crippen LogP contribution in [-0.4, -0.2) is 50.0 Å². The van der Waals surface area contributed by atoms with Crippen molar-refractivity contribution in [1.29, 1.82) is 0 Å². The summed E-state index contributed by atoms with van der Waals surface area (Å²) >= 11 is 0. The summed E-state index contributed by atoms with van der Waals surface area (Å²) in [7, 11) is 1.80. The molecule has 3 nitrogen and oxygen atoms in total. The van der Waals surface area contributed by atoms with Gasteiger partial charge in [-0.05, 0) is 50.6 Å². The molecular formula is C16H31NO2. The molecular weight excluding hydrogens is 238 g/mol. The van der Waals surface area contributed by atoms with Gasteiger partial charge in [-0.2, -0.15) is 0 Å². The number of aliphatic hydroxyl groups excluding tert-OH is 1. The van der Waals surface area contributed by atoms with Gasteiger partial charge in [-0.1, -0.05) is 19.8 Å². The van der Waals surface area contributed by atoms with E-state index in [0.29, 0.717) is 6.61 Å². The van der Waals surface area contributed by atoms with Crippen molar-refractivity contribution in [3.8, 4) is 0 Å². The molecule has 2 atom stereocenters. The van der Waals surface area contributed by atoms with Crippen molar-refractivity contribution in [2.75, 3.05) is 40.0 Å². The highest BCUT2D eigenvalue weighted by Crippen LogP contribution is 2.40. The number of piperidine rings is 1. The molecule has 2 unspecified atom stereocenters. The summed E-state index contributed by atoms with van der Waals surface area (Å²) in [5, 5.41) is 9.88. The fourth-order valence-corrected chi connectivity index (χ4v) is 4.13. The van der Waals surface area contributed by atoms with Crippen LogP contribution < -0.4 is 0 Å². The van der Waals surface area contributed by atoms with Crippen LogP contribution in [0.3, 0.4) is 0 Å². The van der Waals surface area contributed by atoms with Crippen molar-refractivity contribution in [2.45, 2.75) is 45.4 Å². The molecule has 0 aromatic heterocycles. The van der Waals surface area contributed by atoms with E-state index >= 15 is 0 Å². The highest BCUT2D eigenvalue weighted by Gasteiger charge is 2.36. The Labute approximate surface area is 118 Å². The van der Waals surface area contributed by atoms with Crippen molar-refractivity contribution in [3.05, 3.63) is 0 Å². The first kappa shape index (κ1) is 15.3. The third-order valence-electron chi connectivity index (χ3n) is 5.19. The van der Waals surface area contributed by atoms with E-state index in [4.69, 9.17) is 4.74 Å². The molecule has 0 aromatic rings. The number of hydrogen-bond donors (Lipinski definition) is 1. The molecule has 1 saturated heterocycles. The number of hydrogen-bond acceptors (Lipinski definition) is 3. The molecule has 2 aliphatic rings. The molecule has 2 fully saturated rings. The molecule has 1 heterocycles. The summed E-state index contributed by atoms with van der Waals surface area (Å²) in [5.41, 5.74) is 0.186. The Kier molecular flexibility index (Phi) is 5.67. The third kappa shape index (κ3) is 4.17. The molecule has 1 saturated carbocycles. The van der Waals surface area contributed by atoms with Gasteiger partial charge in [0.2, 0.25) is 0 Å². The maximum absolute atomic E-state index is 9.88. The lowest BCUT2D eigenvalue weighted by Crippen LogP contribution is -2.46. The summed E-state index contributed by atoms with van der Waals surface area (Å²) in [4.78, 5) is 2.58. The Morgan fingerprint density at radius 2 is 2.00 bits per heavy atom.